The molecule has 6 aromatic carbocycles. The summed E-state index contributed by atoms with van der Waals surface area (Å²) in [6.45, 7) is 2.24. The van der Waals surface area contributed by atoms with Crippen molar-refractivity contribution < 1.29 is 17.1 Å². The molecule has 1 unspecified atom stereocenters. The van der Waals surface area contributed by atoms with Crippen LogP contribution in [0.5, 0.6) is 0 Å². The van der Waals surface area contributed by atoms with Gasteiger partial charge in [0.1, 0.15) is 0 Å². The van der Waals surface area contributed by atoms with Crippen LogP contribution in [0.3, 0.4) is 0 Å². The molecule has 0 saturated carbocycles. The van der Waals surface area contributed by atoms with Crippen molar-refractivity contribution >= 4 is 42.4 Å². The molecule has 0 spiro atoms. The normalized spacial score (nSPS) is 12.2. The van der Waals surface area contributed by atoms with Crippen molar-refractivity contribution in [2.75, 3.05) is 0 Å². The van der Waals surface area contributed by atoms with Crippen LogP contribution in [-0.2, 0) is 22.3 Å². The van der Waals surface area contributed by atoms with Gasteiger partial charge in [-0.25, -0.2) is 12.1 Å². The van der Waals surface area contributed by atoms with Gasteiger partial charge >= 0.3 is 0 Å². The van der Waals surface area contributed by atoms with Gasteiger partial charge in [-0.15, -0.1) is 10.9 Å². The minimum absolute atomic E-state index is 0. The van der Waals surface area contributed by atoms with E-state index in [2.05, 4.69) is 146 Å². The average Bonchev–Trinajstić information content (AvgIpc) is 3.76. The van der Waals surface area contributed by atoms with E-state index >= 15 is 0 Å². The van der Waals surface area contributed by atoms with Gasteiger partial charge in [0.2, 0.25) is 0 Å². The van der Waals surface area contributed by atoms with E-state index in [-0.39, 0.29) is 17.1 Å². The minimum atomic E-state index is -0.838. The van der Waals surface area contributed by atoms with E-state index in [0.717, 1.165) is 6.42 Å². The zero-order valence-electron chi connectivity index (χ0n) is 23.2. The molecule has 0 heterocycles. The molecule has 2 N–H and O–H groups in total. The molecule has 0 aliphatic carbocycles. The summed E-state index contributed by atoms with van der Waals surface area (Å²) in [5.41, 5.74) is 8.88. The first-order valence-corrected chi connectivity index (χ1v) is 16.4. The van der Waals surface area contributed by atoms with Gasteiger partial charge in [-0.3, -0.25) is 0 Å². The second-order valence-corrected chi connectivity index (χ2v) is 14.3. The molecule has 0 bridgehead atoms. The first-order valence-electron chi connectivity index (χ1n) is 13.7. The molecule has 41 heavy (non-hydrogen) atoms. The maximum atomic E-state index is 7.61. The molecule has 0 aliphatic heterocycles. The van der Waals surface area contributed by atoms with Crippen LogP contribution in [0.15, 0.2) is 170 Å². The monoisotopic (exact) mass is 611 g/mol. The molecule has 0 aliphatic rings. The van der Waals surface area contributed by atoms with Crippen LogP contribution >= 0.6 is 15.8 Å². The van der Waals surface area contributed by atoms with Gasteiger partial charge in [0.15, 0.2) is 0 Å². The van der Waals surface area contributed by atoms with Crippen LogP contribution in [0, 0.1) is 0 Å². The van der Waals surface area contributed by atoms with Crippen molar-refractivity contribution in [3.8, 4) is 0 Å². The third-order valence-corrected chi connectivity index (χ3v) is 12.5. The second kappa shape index (κ2) is 15.2. The summed E-state index contributed by atoms with van der Waals surface area (Å²) in [5, 5.41) is 6.19. The quantitative estimate of drug-likeness (QED) is 0.110. The van der Waals surface area contributed by atoms with E-state index in [1.807, 2.05) is 30.3 Å². The van der Waals surface area contributed by atoms with Gasteiger partial charge in [0.05, 0.1) is 0 Å². The summed E-state index contributed by atoms with van der Waals surface area (Å²) < 4.78 is 0. The van der Waals surface area contributed by atoms with Crippen LogP contribution in [-0.4, -0.2) is 0 Å². The molecular formula is C37H35FeNP2-6. The smallest absolute Gasteiger partial charge is 0.0244 e. The summed E-state index contributed by atoms with van der Waals surface area (Å²) >= 11 is 0. The Kier molecular flexibility index (Phi) is 11.5. The Hall–Kier alpha value is -3.08. The average molecular weight is 611 g/mol. The van der Waals surface area contributed by atoms with Gasteiger partial charge in [0.25, 0.3) is 0 Å². The fourth-order valence-corrected chi connectivity index (χ4v) is 10.7. The Labute approximate surface area is 258 Å². The molecular weight excluding hydrogens is 576 g/mol. The van der Waals surface area contributed by atoms with E-state index in [0.29, 0.717) is 0 Å². The molecule has 6 aromatic rings. The molecule has 1 atom stereocenters. The van der Waals surface area contributed by atoms with Gasteiger partial charge in [0, 0.05) is 22.3 Å². The molecule has 0 amide bonds. The van der Waals surface area contributed by atoms with Crippen molar-refractivity contribution in [1.29, 1.82) is 0 Å². The van der Waals surface area contributed by atoms with Gasteiger partial charge in [-0.05, 0) is 43.5 Å². The Morgan fingerprint density at radius 2 is 0.927 bits per heavy atom. The first-order chi connectivity index (χ1) is 19.7. The number of benzene rings is 4. The predicted molar refractivity (Wildman–Crippen MR) is 178 cm³/mol. The standard InChI is InChI=1S/C32H30NP2.C5H5.Fe/c1-2-32(33,35(28-20-11-5-12-21-28)29-22-13-6-14-23-29)30-24-15-25-31(30)34(26-16-7-3-8-17-26)27-18-9-4-10-19-27;1-2-4-5-3-1;/h3-25H,2,33H2,1H3;1-5H;/q-1;-5;. The molecule has 0 aromatic heterocycles. The molecule has 0 fully saturated rings. The number of nitrogens with two attached hydrogens (primary N) is 1. The zero-order valence-corrected chi connectivity index (χ0v) is 26.1. The summed E-state index contributed by atoms with van der Waals surface area (Å²) in [6.07, 6.45) is 0.853. The van der Waals surface area contributed by atoms with Crippen molar-refractivity contribution in [2.45, 2.75) is 18.6 Å². The Morgan fingerprint density at radius 3 is 1.29 bits per heavy atom. The largest absolute Gasteiger partial charge is 0.748 e. The number of hydrogen-bond acceptors (Lipinski definition) is 1. The van der Waals surface area contributed by atoms with Gasteiger partial charge in [-0.1, -0.05) is 128 Å². The second-order valence-electron chi connectivity index (χ2n) is 9.58. The molecule has 4 heteroatoms. The maximum absolute atomic E-state index is 7.61. The fourth-order valence-electron chi connectivity index (χ4n) is 5.11. The minimum Gasteiger partial charge on any atom is -0.748 e. The van der Waals surface area contributed by atoms with E-state index in [9.17, 15) is 0 Å². The van der Waals surface area contributed by atoms with Gasteiger partial charge in [-0.2, -0.15) is 6.07 Å². The summed E-state index contributed by atoms with van der Waals surface area (Å²) in [5.74, 6) is 0. The first kappa shape index (κ1) is 30.9. The van der Waals surface area contributed by atoms with Crippen molar-refractivity contribution in [2.24, 2.45) is 5.73 Å². The van der Waals surface area contributed by atoms with Gasteiger partial charge < -0.3 is 36.1 Å². The SMILES string of the molecule is CCC(N)([c-]1cccc1P(c1ccccc1)c1ccccc1)P(c1ccccc1)c1ccccc1.[Fe].[cH-]1[cH-][cH-][cH-][cH-]1. The van der Waals surface area contributed by atoms with Crippen LogP contribution in [0.1, 0.15) is 18.9 Å². The van der Waals surface area contributed by atoms with E-state index in [1.54, 1.807) is 0 Å². The summed E-state index contributed by atoms with van der Waals surface area (Å²) in [6, 6.07) is 60.3. The molecule has 1 nitrogen and oxygen atoms in total. The zero-order chi connectivity index (χ0) is 27.6. The van der Waals surface area contributed by atoms with Crippen LogP contribution in [0.2, 0.25) is 0 Å². The van der Waals surface area contributed by atoms with E-state index in [1.165, 1.54) is 32.1 Å². The maximum Gasteiger partial charge on any atom is 0.0244 e. The topological polar surface area (TPSA) is 26.0 Å². The van der Waals surface area contributed by atoms with Crippen molar-refractivity contribution in [3.05, 3.63) is 175 Å². The van der Waals surface area contributed by atoms with E-state index < -0.39 is 21.1 Å². The predicted octanol–water partition coefficient (Wildman–Crippen LogP) is 7.22. The summed E-state index contributed by atoms with van der Waals surface area (Å²) in [7, 11) is -1.57. The Balaban J connectivity index is 0.000000584. The van der Waals surface area contributed by atoms with Crippen molar-refractivity contribution in [1.82, 2.24) is 0 Å². The molecule has 212 valence electrons. The third-order valence-electron chi connectivity index (χ3n) is 7.05. The fraction of sp³-hybridized carbons (Fsp3) is 0.0811. The summed E-state index contributed by atoms with van der Waals surface area (Å²) in [4.78, 5) is 0. The Bertz CT molecular complexity index is 1440. The third kappa shape index (κ3) is 7.23. The van der Waals surface area contributed by atoms with Crippen LogP contribution in [0.4, 0.5) is 0 Å². The molecule has 0 radical (unpaired) electrons. The molecule has 6 rings (SSSR count). The molecule has 0 saturated heterocycles. The van der Waals surface area contributed by atoms with Crippen molar-refractivity contribution in [3.63, 3.8) is 0 Å². The Morgan fingerprint density at radius 1 is 0.561 bits per heavy atom. The van der Waals surface area contributed by atoms with E-state index in [4.69, 9.17) is 5.73 Å². The van der Waals surface area contributed by atoms with Crippen LogP contribution < -0.4 is 32.3 Å². The number of hydrogen-bond donors (Lipinski definition) is 1. The van der Waals surface area contributed by atoms with Crippen LogP contribution in [0.25, 0.3) is 0 Å². The number of rotatable bonds is 8.